The Morgan fingerprint density at radius 3 is 2.70 bits per heavy atom. The molecule has 3 heterocycles. The molecule has 6 heteroatoms. The summed E-state index contributed by atoms with van der Waals surface area (Å²) in [6.45, 7) is 7.65. The van der Waals surface area contributed by atoms with Crippen molar-refractivity contribution in [2.75, 3.05) is 13.1 Å². The zero-order valence-electron chi connectivity index (χ0n) is 16.1. The number of carbonyl (C=O) groups is 1. The van der Waals surface area contributed by atoms with E-state index in [9.17, 15) is 9.59 Å². The summed E-state index contributed by atoms with van der Waals surface area (Å²) in [5.74, 6) is 0.683. The molecule has 5 nitrogen and oxygen atoms in total. The Morgan fingerprint density at radius 1 is 1.30 bits per heavy atom. The van der Waals surface area contributed by atoms with E-state index in [4.69, 9.17) is 0 Å². The van der Waals surface area contributed by atoms with Crippen molar-refractivity contribution >= 4 is 37.4 Å². The molecular formula is C21H25N3O2S. The van der Waals surface area contributed by atoms with Gasteiger partial charge in [0.1, 0.15) is 6.04 Å². The molecule has 0 radical (unpaired) electrons. The molecule has 1 unspecified atom stereocenters. The van der Waals surface area contributed by atoms with Crippen molar-refractivity contribution in [1.29, 1.82) is 0 Å². The highest BCUT2D eigenvalue weighted by atomic mass is 32.1. The van der Waals surface area contributed by atoms with E-state index in [1.807, 2.05) is 43.0 Å². The number of piperidine rings is 1. The van der Waals surface area contributed by atoms with Crippen molar-refractivity contribution < 1.29 is 4.79 Å². The first-order chi connectivity index (χ1) is 13.0. The van der Waals surface area contributed by atoms with Gasteiger partial charge in [-0.2, -0.15) is 5.10 Å². The SMILES string of the molecule is CCC(C(=O)N1CCC(C)CC1)n1nc(C)c2sc3ccccc3c2c1=O. The molecule has 0 spiro atoms. The Bertz CT molecular complexity index is 1060. The second-order valence-corrected chi connectivity index (χ2v) is 8.62. The highest BCUT2D eigenvalue weighted by Crippen LogP contribution is 2.33. The van der Waals surface area contributed by atoms with Crippen molar-refractivity contribution in [2.24, 2.45) is 5.92 Å². The van der Waals surface area contributed by atoms with Crippen LogP contribution >= 0.6 is 11.3 Å². The summed E-state index contributed by atoms with van der Waals surface area (Å²) >= 11 is 1.60. The smallest absolute Gasteiger partial charge is 0.276 e. The van der Waals surface area contributed by atoms with Crippen molar-refractivity contribution in [3.63, 3.8) is 0 Å². The minimum Gasteiger partial charge on any atom is -0.341 e. The van der Waals surface area contributed by atoms with E-state index < -0.39 is 6.04 Å². The lowest BCUT2D eigenvalue weighted by atomic mass is 9.98. The van der Waals surface area contributed by atoms with Crippen LogP contribution < -0.4 is 5.56 Å². The van der Waals surface area contributed by atoms with E-state index in [0.29, 0.717) is 17.7 Å². The van der Waals surface area contributed by atoms with Crippen molar-refractivity contribution in [3.05, 3.63) is 40.3 Å². The second kappa shape index (κ2) is 7.08. The first-order valence-corrected chi connectivity index (χ1v) is 10.5. The predicted octanol–water partition coefficient (Wildman–Crippen LogP) is 4.13. The molecule has 142 valence electrons. The maximum Gasteiger partial charge on any atom is 0.276 e. The summed E-state index contributed by atoms with van der Waals surface area (Å²) in [5, 5.41) is 6.22. The van der Waals surface area contributed by atoms with Crippen LogP contribution in [0.25, 0.3) is 20.2 Å². The molecule has 27 heavy (non-hydrogen) atoms. The molecule has 2 aromatic heterocycles. The van der Waals surface area contributed by atoms with Gasteiger partial charge in [0.25, 0.3) is 5.56 Å². The zero-order chi connectivity index (χ0) is 19.1. The van der Waals surface area contributed by atoms with Crippen LogP contribution in [0.3, 0.4) is 0 Å². The summed E-state index contributed by atoms with van der Waals surface area (Å²) in [6.07, 6.45) is 2.61. The van der Waals surface area contributed by atoms with Gasteiger partial charge in [-0.3, -0.25) is 9.59 Å². The van der Waals surface area contributed by atoms with E-state index in [2.05, 4.69) is 12.0 Å². The molecule has 0 bridgehead atoms. The summed E-state index contributed by atoms with van der Waals surface area (Å²) in [5.41, 5.74) is 0.656. The first-order valence-electron chi connectivity index (χ1n) is 9.70. The molecule has 0 aliphatic carbocycles. The standard InChI is InChI=1S/C21H25N3O2S/c1-4-16(20(25)23-11-9-13(2)10-12-23)24-21(26)18-15-7-5-6-8-17(15)27-19(18)14(3)22-24/h5-8,13,16H,4,9-12H2,1-3H3. The maximum atomic E-state index is 13.3. The lowest BCUT2D eigenvalue weighted by Crippen LogP contribution is -2.44. The largest absolute Gasteiger partial charge is 0.341 e. The Kier molecular flexibility index (Phi) is 4.76. The van der Waals surface area contributed by atoms with Crippen LogP contribution in [0, 0.1) is 12.8 Å². The van der Waals surface area contributed by atoms with Crippen LogP contribution in [0.2, 0.25) is 0 Å². The van der Waals surface area contributed by atoms with Gasteiger partial charge in [-0.25, -0.2) is 4.68 Å². The van der Waals surface area contributed by atoms with E-state index in [0.717, 1.165) is 46.4 Å². The number of rotatable bonds is 3. The fourth-order valence-corrected chi connectivity index (χ4v) is 5.12. The topological polar surface area (TPSA) is 55.2 Å². The van der Waals surface area contributed by atoms with Crippen LogP contribution in [0.1, 0.15) is 44.8 Å². The molecule has 1 saturated heterocycles. The van der Waals surface area contributed by atoms with Gasteiger partial charge in [-0.05, 0) is 38.2 Å². The highest BCUT2D eigenvalue weighted by Gasteiger charge is 2.29. The fraction of sp³-hybridized carbons (Fsp3) is 0.476. The summed E-state index contributed by atoms with van der Waals surface area (Å²) in [4.78, 5) is 28.4. The number of aromatic nitrogens is 2. The Labute approximate surface area is 162 Å². The number of hydrogen-bond donors (Lipinski definition) is 0. The van der Waals surface area contributed by atoms with E-state index in [1.165, 1.54) is 4.68 Å². The number of amides is 1. The second-order valence-electron chi connectivity index (χ2n) is 7.57. The molecule has 1 atom stereocenters. The lowest BCUT2D eigenvalue weighted by Gasteiger charge is -2.33. The third kappa shape index (κ3) is 3.06. The Morgan fingerprint density at radius 2 is 2.00 bits per heavy atom. The van der Waals surface area contributed by atoms with Gasteiger partial charge >= 0.3 is 0 Å². The molecule has 1 fully saturated rings. The normalized spacial score (nSPS) is 16.9. The molecule has 0 N–H and O–H groups in total. The minimum absolute atomic E-state index is 0.0253. The summed E-state index contributed by atoms with van der Waals surface area (Å²) < 4.78 is 3.44. The number of nitrogens with zero attached hydrogens (tertiary/aromatic N) is 3. The molecular weight excluding hydrogens is 358 g/mol. The number of carbonyl (C=O) groups excluding carboxylic acids is 1. The van der Waals surface area contributed by atoms with Crippen LogP contribution in [0.15, 0.2) is 29.1 Å². The predicted molar refractivity (Wildman–Crippen MR) is 110 cm³/mol. The summed E-state index contributed by atoms with van der Waals surface area (Å²) in [7, 11) is 0. The average Bonchev–Trinajstić information content (AvgIpc) is 3.07. The van der Waals surface area contributed by atoms with E-state index >= 15 is 0 Å². The summed E-state index contributed by atoms with van der Waals surface area (Å²) in [6, 6.07) is 7.40. The minimum atomic E-state index is -0.535. The van der Waals surface area contributed by atoms with Crippen molar-refractivity contribution in [3.8, 4) is 0 Å². The van der Waals surface area contributed by atoms with Gasteiger partial charge in [0.2, 0.25) is 5.91 Å². The van der Waals surface area contributed by atoms with Crippen LogP contribution in [-0.4, -0.2) is 33.7 Å². The van der Waals surface area contributed by atoms with Crippen molar-refractivity contribution in [1.82, 2.24) is 14.7 Å². The highest BCUT2D eigenvalue weighted by molar-refractivity contribution is 7.26. The number of hydrogen-bond acceptors (Lipinski definition) is 4. The van der Waals surface area contributed by atoms with Gasteiger partial charge in [0.15, 0.2) is 0 Å². The van der Waals surface area contributed by atoms with Gasteiger partial charge in [-0.15, -0.1) is 11.3 Å². The van der Waals surface area contributed by atoms with Gasteiger partial charge < -0.3 is 4.90 Å². The molecule has 1 aliphatic rings. The molecule has 1 amide bonds. The number of benzene rings is 1. The number of likely N-dealkylation sites (tertiary alicyclic amines) is 1. The first kappa shape index (κ1) is 18.2. The van der Waals surface area contributed by atoms with E-state index in [-0.39, 0.29) is 11.5 Å². The lowest BCUT2D eigenvalue weighted by molar-refractivity contribution is -0.136. The third-order valence-corrected chi connectivity index (χ3v) is 6.95. The van der Waals surface area contributed by atoms with Crippen LogP contribution in [0.5, 0.6) is 0 Å². The quantitative estimate of drug-likeness (QED) is 0.683. The zero-order valence-corrected chi connectivity index (χ0v) is 16.9. The van der Waals surface area contributed by atoms with Gasteiger partial charge in [-0.1, -0.05) is 32.0 Å². The molecule has 1 aromatic carbocycles. The Balaban J connectivity index is 1.82. The molecule has 4 rings (SSSR count). The van der Waals surface area contributed by atoms with Crippen molar-refractivity contribution in [2.45, 2.75) is 46.1 Å². The monoisotopic (exact) mass is 383 g/mol. The maximum absolute atomic E-state index is 13.3. The Hall–Kier alpha value is -2.21. The number of thiophene rings is 1. The molecule has 1 aliphatic heterocycles. The van der Waals surface area contributed by atoms with Gasteiger partial charge in [0.05, 0.1) is 15.8 Å². The average molecular weight is 384 g/mol. The van der Waals surface area contributed by atoms with E-state index in [1.54, 1.807) is 11.3 Å². The third-order valence-electron chi connectivity index (χ3n) is 5.67. The number of aryl methyl sites for hydroxylation is 1. The van der Waals surface area contributed by atoms with Crippen LogP contribution in [-0.2, 0) is 4.79 Å². The fourth-order valence-electron chi connectivity index (χ4n) is 3.98. The van der Waals surface area contributed by atoms with Gasteiger partial charge in [0, 0.05) is 23.2 Å². The molecule has 3 aromatic rings. The molecule has 0 saturated carbocycles. The number of fused-ring (bicyclic) bond motifs is 3. The van der Waals surface area contributed by atoms with Crippen LogP contribution in [0.4, 0.5) is 0 Å².